The lowest BCUT2D eigenvalue weighted by Gasteiger charge is -2.21. The minimum atomic E-state index is -0.414. The third kappa shape index (κ3) is 5.58. The highest BCUT2D eigenvalue weighted by Gasteiger charge is 2.23. The van der Waals surface area contributed by atoms with Gasteiger partial charge in [-0.05, 0) is 61.7 Å². The molecule has 36 heavy (non-hydrogen) atoms. The van der Waals surface area contributed by atoms with E-state index in [1.165, 1.54) is 4.68 Å². The first-order chi connectivity index (χ1) is 17.1. The smallest absolute Gasteiger partial charge is 0.282 e. The Labute approximate surface area is 234 Å². The summed E-state index contributed by atoms with van der Waals surface area (Å²) in [6.45, 7) is 6.39. The highest BCUT2D eigenvalue weighted by atomic mass is 79.9. The van der Waals surface area contributed by atoms with Crippen LogP contribution in [0.3, 0.4) is 0 Å². The number of hydrogen-bond acceptors (Lipinski definition) is 5. The van der Waals surface area contributed by atoms with Crippen LogP contribution in [-0.4, -0.2) is 23.0 Å². The summed E-state index contributed by atoms with van der Waals surface area (Å²) in [6.07, 6.45) is 1.61. The molecule has 0 aliphatic carbocycles. The Morgan fingerprint density at radius 3 is 2.42 bits per heavy atom. The molecule has 0 saturated heterocycles. The van der Waals surface area contributed by atoms with Gasteiger partial charge in [-0.3, -0.25) is 4.79 Å². The van der Waals surface area contributed by atoms with Crippen LogP contribution in [0.15, 0.2) is 77.9 Å². The molecule has 4 aromatic rings. The summed E-state index contributed by atoms with van der Waals surface area (Å²) in [5.74, 6) is 1.66. The molecule has 1 heterocycles. The quantitative estimate of drug-likeness (QED) is 0.199. The molecule has 0 N–H and O–H groups in total. The van der Waals surface area contributed by atoms with Crippen LogP contribution in [0.2, 0.25) is 0 Å². The van der Waals surface area contributed by atoms with Crippen LogP contribution in [0.1, 0.15) is 37.7 Å². The van der Waals surface area contributed by atoms with Crippen molar-refractivity contribution in [2.75, 3.05) is 7.11 Å². The Hall–Kier alpha value is -2.49. The summed E-state index contributed by atoms with van der Waals surface area (Å²) < 4.78 is 15.2. The maximum Gasteiger partial charge on any atom is 0.282 e. The summed E-state index contributed by atoms with van der Waals surface area (Å²) in [7, 11) is 1.58. The third-order valence-corrected chi connectivity index (χ3v) is 8.03. The van der Waals surface area contributed by atoms with Gasteiger partial charge in [0.15, 0.2) is 11.5 Å². The van der Waals surface area contributed by atoms with Gasteiger partial charge in [-0.1, -0.05) is 67.0 Å². The van der Waals surface area contributed by atoms with E-state index in [0.29, 0.717) is 44.9 Å². The second-order valence-electron chi connectivity index (χ2n) is 9.11. The van der Waals surface area contributed by atoms with E-state index in [1.54, 1.807) is 19.4 Å². The SMILES string of the molecule is COc1cc(C=Nn2c(C(C)(C)C)nc3ccc(Br)cc3c2=O)c(Br)c(Br)c1OCc1ccccc1. The average Bonchev–Trinajstić information content (AvgIpc) is 2.85. The number of nitrogens with zero attached hydrogens (tertiary/aromatic N) is 3. The highest BCUT2D eigenvalue weighted by molar-refractivity contribution is 9.13. The third-order valence-electron chi connectivity index (χ3n) is 5.39. The predicted molar refractivity (Wildman–Crippen MR) is 155 cm³/mol. The molecule has 0 aliphatic heterocycles. The van der Waals surface area contributed by atoms with Crippen molar-refractivity contribution in [3.05, 3.63) is 95.3 Å². The monoisotopic (exact) mass is 675 g/mol. The number of benzene rings is 3. The van der Waals surface area contributed by atoms with Crippen molar-refractivity contribution >= 4 is 64.9 Å². The zero-order valence-corrected chi connectivity index (χ0v) is 24.9. The lowest BCUT2D eigenvalue weighted by molar-refractivity contribution is 0.282. The molecular weight excluding hydrogens is 654 g/mol. The van der Waals surface area contributed by atoms with Crippen molar-refractivity contribution in [2.24, 2.45) is 5.10 Å². The number of ether oxygens (including phenoxy) is 2. The van der Waals surface area contributed by atoms with Crippen LogP contribution < -0.4 is 15.0 Å². The van der Waals surface area contributed by atoms with Gasteiger partial charge in [-0.25, -0.2) is 4.98 Å². The predicted octanol–water partition coefficient (Wildman–Crippen LogP) is 7.45. The number of halogens is 3. The van der Waals surface area contributed by atoms with Gasteiger partial charge in [0.1, 0.15) is 12.4 Å². The fourth-order valence-corrected chi connectivity index (χ4v) is 4.87. The van der Waals surface area contributed by atoms with Crippen molar-refractivity contribution in [1.82, 2.24) is 9.66 Å². The van der Waals surface area contributed by atoms with Crippen LogP contribution in [-0.2, 0) is 12.0 Å². The van der Waals surface area contributed by atoms with Crippen LogP contribution >= 0.6 is 47.8 Å². The van der Waals surface area contributed by atoms with Gasteiger partial charge in [0.05, 0.1) is 28.7 Å². The Morgan fingerprint density at radius 1 is 1.03 bits per heavy atom. The second kappa shape index (κ2) is 10.9. The van der Waals surface area contributed by atoms with Crippen molar-refractivity contribution in [3.8, 4) is 11.5 Å². The van der Waals surface area contributed by atoms with Crippen LogP contribution in [0.4, 0.5) is 0 Å². The maximum absolute atomic E-state index is 13.4. The first-order valence-electron chi connectivity index (χ1n) is 11.1. The molecule has 1 aromatic heterocycles. The molecule has 0 bridgehead atoms. The molecule has 0 aliphatic rings. The number of hydrogen-bond donors (Lipinski definition) is 0. The number of fused-ring (bicyclic) bond motifs is 1. The zero-order valence-electron chi connectivity index (χ0n) is 20.2. The van der Waals surface area contributed by atoms with Crippen molar-refractivity contribution in [1.29, 1.82) is 0 Å². The Morgan fingerprint density at radius 2 is 1.75 bits per heavy atom. The summed E-state index contributed by atoms with van der Waals surface area (Å²) in [4.78, 5) is 18.2. The Kier molecular flexibility index (Phi) is 8.02. The molecule has 0 amide bonds. The lowest BCUT2D eigenvalue weighted by Crippen LogP contribution is -2.29. The Bertz CT molecular complexity index is 1510. The molecule has 0 atom stereocenters. The highest BCUT2D eigenvalue weighted by Crippen LogP contribution is 2.42. The van der Waals surface area contributed by atoms with E-state index >= 15 is 0 Å². The molecule has 0 fully saturated rings. The van der Waals surface area contributed by atoms with Gasteiger partial charge >= 0.3 is 0 Å². The van der Waals surface area contributed by atoms with Crippen LogP contribution in [0, 0.1) is 0 Å². The van der Waals surface area contributed by atoms with Gasteiger partial charge in [0, 0.05) is 19.9 Å². The first-order valence-corrected chi connectivity index (χ1v) is 13.5. The molecule has 6 nitrogen and oxygen atoms in total. The normalized spacial score (nSPS) is 11.9. The van der Waals surface area contributed by atoms with E-state index in [2.05, 4.69) is 52.9 Å². The van der Waals surface area contributed by atoms with E-state index in [1.807, 2.05) is 69.3 Å². The van der Waals surface area contributed by atoms with Gasteiger partial charge in [0.25, 0.3) is 5.56 Å². The zero-order chi connectivity index (χ0) is 26.0. The van der Waals surface area contributed by atoms with Crippen LogP contribution in [0.5, 0.6) is 11.5 Å². The number of rotatable bonds is 6. The summed E-state index contributed by atoms with van der Waals surface area (Å²) in [6, 6.07) is 17.2. The van der Waals surface area contributed by atoms with E-state index < -0.39 is 5.41 Å². The van der Waals surface area contributed by atoms with E-state index in [-0.39, 0.29) is 5.56 Å². The van der Waals surface area contributed by atoms with E-state index in [4.69, 9.17) is 14.5 Å². The molecule has 3 aromatic carbocycles. The molecule has 186 valence electrons. The summed E-state index contributed by atoms with van der Waals surface area (Å²) in [5, 5.41) is 5.06. The van der Waals surface area contributed by atoms with Gasteiger partial charge in [0.2, 0.25) is 0 Å². The molecule has 4 rings (SSSR count). The summed E-state index contributed by atoms with van der Waals surface area (Å²) >= 11 is 10.7. The van der Waals surface area contributed by atoms with Crippen molar-refractivity contribution in [2.45, 2.75) is 32.8 Å². The topological polar surface area (TPSA) is 65.7 Å². The second-order valence-corrected chi connectivity index (χ2v) is 11.6. The number of methoxy groups -OCH3 is 1. The van der Waals surface area contributed by atoms with Crippen molar-refractivity contribution in [3.63, 3.8) is 0 Å². The Balaban J connectivity index is 1.78. The first kappa shape index (κ1) is 26.6. The molecule has 9 heteroatoms. The average molecular weight is 678 g/mol. The lowest BCUT2D eigenvalue weighted by atomic mass is 9.95. The van der Waals surface area contributed by atoms with Gasteiger partial charge < -0.3 is 9.47 Å². The molecular formula is C27H24Br3N3O3. The molecule has 0 radical (unpaired) electrons. The fraction of sp³-hybridized carbons (Fsp3) is 0.222. The standard InChI is InChI=1S/C27H24Br3N3O3/c1-27(2,3)26-32-20-11-10-18(28)13-19(20)25(34)33(26)31-14-17-12-21(35-4)24(23(30)22(17)29)36-15-16-8-6-5-7-9-16/h5-14H,15H2,1-4H3. The van der Waals surface area contributed by atoms with Gasteiger partial charge in [-0.2, -0.15) is 9.78 Å². The minimum absolute atomic E-state index is 0.243. The molecule has 0 saturated carbocycles. The van der Waals surface area contributed by atoms with Crippen LogP contribution in [0.25, 0.3) is 10.9 Å². The van der Waals surface area contributed by atoms with Crippen molar-refractivity contribution < 1.29 is 9.47 Å². The van der Waals surface area contributed by atoms with E-state index in [0.717, 1.165) is 14.5 Å². The fourth-order valence-electron chi connectivity index (χ4n) is 3.58. The maximum atomic E-state index is 13.4. The van der Waals surface area contributed by atoms with E-state index in [9.17, 15) is 4.79 Å². The number of aromatic nitrogens is 2. The summed E-state index contributed by atoms with van der Waals surface area (Å²) in [5.41, 5.74) is 1.71. The van der Waals surface area contributed by atoms with Gasteiger partial charge in [-0.15, -0.1) is 0 Å². The molecule has 0 spiro atoms. The molecule has 0 unspecified atom stereocenters. The largest absolute Gasteiger partial charge is 0.493 e. The minimum Gasteiger partial charge on any atom is -0.493 e.